The summed E-state index contributed by atoms with van der Waals surface area (Å²) < 4.78 is 6.42. The van der Waals surface area contributed by atoms with Crippen molar-refractivity contribution >= 4 is 27.5 Å². The SMILES string of the molecule is COc1c(C)c(C)c(Br)c(C)c1NC(=O)CC(C)N. The average molecular weight is 329 g/mol. The maximum absolute atomic E-state index is 11.9. The Morgan fingerprint density at radius 3 is 2.37 bits per heavy atom. The first-order valence-electron chi connectivity index (χ1n) is 6.18. The first kappa shape index (κ1) is 16.0. The molecule has 0 fully saturated rings. The van der Waals surface area contributed by atoms with Crippen molar-refractivity contribution in [3.05, 3.63) is 21.2 Å². The maximum atomic E-state index is 11.9. The summed E-state index contributed by atoms with van der Waals surface area (Å²) in [5.41, 5.74) is 9.43. The van der Waals surface area contributed by atoms with Gasteiger partial charge in [-0.05, 0) is 44.4 Å². The number of hydrogen-bond donors (Lipinski definition) is 2. The zero-order valence-electron chi connectivity index (χ0n) is 12.1. The van der Waals surface area contributed by atoms with Gasteiger partial charge in [0.2, 0.25) is 5.91 Å². The minimum atomic E-state index is -0.165. The van der Waals surface area contributed by atoms with Gasteiger partial charge in [0, 0.05) is 16.9 Å². The molecular weight excluding hydrogens is 308 g/mol. The number of hydrogen-bond acceptors (Lipinski definition) is 3. The number of nitrogens with one attached hydrogen (secondary N) is 1. The molecule has 1 aromatic rings. The van der Waals surface area contributed by atoms with Gasteiger partial charge < -0.3 is 15.8 Å². The molecule has 0 saturated heterocycles. The minimum absolute atomic E-state index is 0.105. The monoisotopic (exact) mass is 328 g/mol. The molecule has 5 heteroatoms. The van der Waals surface area contributed by atoms with E-state index in [9.17, 15) is 4.79 Å². The highest BCUT2D eigenvalue weighted by molar-refractivity contribution is 9.10. The minimum Gasteiger partial charge on any atom is -0.494 e. The van der Waals surface area contributed by atoms with E-state index in [-0.39, 0.29) is 18.4 Å². The number of methoxy groups -OCH3 is 1. The van der Waals surface area contributed by atoms with E-state index in [1.165, 1.54) is 0 Å². The fraction of sp³-hybridized carbons (Fsp3) is 0.500. The van der Waals surface area contributed by atoms with Crippen molar-refractivity contribution < 1.29 is 9.53 Å². The normalized spacial score (nSPS) is 12.2. The Bertz CT molecular complexity index is 499. The van der Waals surface area contributed by atoms with Crippen molar-refractivity contribution in [3.8, 4) is 5.75 Å². The lowest BCUT2D eigenvalue weighted by Gasteiger charge is -2.19. The van der Waals surface area contributed by atoms with Gasteiger partial charge in [0.1, 0.15) is 5.75 Å². The fourth-order valence-electron chi connectivity index (χ4n) is 1.97. The maximum Gasteiger partial charge on any atom is 0.226 e. The molecule has 106 valence electrons. The average Bonchev–Trinajstić information content (AvgIpc) is 2.33. The Morgan fingerprint density at radius 2 is 1.89 bits per heavy atom. The number of anilines is 1. The molecule has 0 saturated carbocycles. The Hall–Kier alpha value is -1.07. The van der Waals surface area contributed by atoms with Gasteiger partial charge >= 0.3 is 0 Å². The lowest BCUT2D eigenvalue weighted by Crippen LogP contribution is -2.24. The van der Waals surface area contributed by atoms with Crippen LogP contribution in [0.15, 0.2) is 4.47 Å². The van der Waals surface area contributed by atoms with E-state index < -0.39 is 0 Å². The second-order valence-corrected chi connectivity index (χ2v) is 5.62. The molecule has 1 atom stereocenters. The van der Waals surface area contributed by atoms with E-state index in [1.807, 2.05) is 20.8 Å². The molecule has 0 aliphatic heterocycles. The Balaban J connectivity index is 3.23. The Labute approximate surface area is 122 Å². The molecule has 0 aliphatic carbocycles. The van der Waals surface area contributed by atoms with Gasteiger partial charge in [-0.3, -0.25) is 4.79 Å². The van der Waals surface area contributed by atoms with Crippen LogP contribution in [0.5, 0.6) is 5.75 Å². The summed E-state index contributed by atoms with van der Waals surface area (Å²) in [5, 5.41) is 2.90. The number of carbonyl (C=O) groups excluding carboxylic acids is 1. The quantitative estimate of drug-likeness (QED) is 0.892. The predicted octanol–water partition coefficient (Wildman–Crippen LogP) is 3.06. The topological polar surface area (TPSA) is 64.3 Å². The van der Waals surface area contributed by atoms with Crippen LogP contribution >= 0.6 is 15.9 Å². The molecule has 0 radical (unpaired) electrons. The van der Waals surface area contributed by atoms with Gasteiger partial charge in [-0.1, -0.05) is 15.9 Å². The van der Waals surface area contributed by atoms with Crippen LogP contribution in [0.25, 0.3) is 0 Å². The highest BCUT2D eigenvalue weighted by Crippen LogP contribution is 2.39. The number of benzene rings is 1. The van der Waals surface area contributed by atoms with Crippen molar-refractivity contribution in [3.63, 3.8) is 0 Å². The van der Waals surface area contributed by atoms with Crippen LogP contribution in [0, 0.1) is 20.8 Å². The zero-order chi connectivity index (χ0) is 14.7. The molecule has 1 amide bonds. The second kappa shape index (κ2) is 6.39. The molecule has 1 rings (SSSR count). The van der Waals surface area contributed by atoms with Crippen LogP contribution in [0.1, 0.15) is 30.0 Å². The smallest absolute Gasteiger partial charge is 0.226 e. The molecule has 0 spiro atoms. The second-order valence-electron chi connectivity index (χ2n) is 4.83. The zero-order valence-corrected chi connectivity index (χ0v) is 13.6. The lowest BCUT2D eigenvalue weighted by molar-refractivity contribution is -0.116. The molecule has 4 nitrogen and oxygen atoms in total. The van der Waals surface area contributed by atoms with Gasteiger partial charge in [0.25, 0.3) is 0 Å². The van der Waals surface area contributed by atoms with Gasteiger partial charge in [0.15, 0.2) is 0 Å². The predicted molar refractivity (Wildman–Crippen MR) is 81.8 cm³/mol. The number of amides is 1. The van der Waals surface area contributed by atoms with E-state index in [4.69, 9.17) is 10.5 Å². The van der Waals surface area contributed by atoms with Gasteiger partial charge in [-0.15, -0.1) is 0 Å². The number of ether oxygens (including phenoxy) is 1. The van der Waals surface area contributed by atoms with Crippen molar-refractivity contribution in [2.24, 2.45) is 5.73 Å². The largest absolute Gasteiger partial charge is 0.494 e. The van der Waals surface area contributed by atoms with E-state index in [1.54, 1.807) is 14.0 Å². The highest BCUT2D eigenvalue weighted by atomic mass is 79.9. The number of rotatable bonds is 4. The van der Waals surface area contributed by atoms with Crippen LogP contribution in [0.2, 0.25) is 0 Å². The van der Waals surface area contributed by atoms with Crippen molar-refractivity contribution in [2.75, 3.05) is 12.4 Å². The van der Waals surface area contributed by atoms with E-state index in [0.29, 0.717) is 11.4 Å². The molecule has 1 aromatic carbocycles. The third kappa shape index (κ3) is 3.48. The summed E-state index contributed by atoms with van der Waals surface area (Å²) in [4.78, 5) is 11.9. The van der Waals surface area contributed by atoms with E-state index >= 15 is 0 Å². The third-order valence-electron chi connectivity index (χ3n) is 3.14. The molecule has 19 heavy (non-hydrogen) atoms. The van der Waals surface area contributed by atoms with Gasteiger partial charge in [-0.2, -0.15) is 0 Å². The van der Waals surface area contributed by atoms with Crippen LogP contribution in [0.4, 0.5) is 5.69 Å². The molecule has 0 heterocycles. The Morgan fingerprint density at radius 1 is 1.32 bits per heavy atom. The molecule has 1 unspecified atom stereocenters. The summed E-state index contributed by atoms with van der Waals surface area (Å²) in [5.74, 6) is 0.600. The van der Waals surface area contributed by atoms with Crippen molar-refractivity contribution in [2.45, 2.75) is 40.2 Å². The third-order valence-corrected chi connectivity index (χ3v) is 4.33. The first-order chi connectivity index (χ1) is 8.79. The summed E-state index contributed by atoms with van der Waals surface area (Å²) in [6.45, 7) is 7.74. The number of carbonyl (C=O) groups is 1. The molecule has 3 N–H and O–H groups in total. The van der Waals surface area contributed by atoms with Crippen LogP contribution < -0.4 is 15.8 Å². The van der Waals surface area contributed by atoms with Crippen LogP contribution in [0.3, 0.4) is 0 Å². The number of nitrogens with two attached hydrogens (primary N) is 1. The first-order valence-corrected chi connectivity index (χ1v) is 6.97. The van der Waals surface area contributed by atoms with E-state index in [0.717, 1.165) is 21.2 Å². The Kier molecular flexibility index (Phi) is 5.38. The molecular formula is C14H21BrN2O2. The van der Waals surface area contributed by atoms with Crippen molar-refractivity contribution in [1.82, 2.24) is 0 Å². The van der Waals surface area contributed by atoms with Gasteiger partial charge in [-0.25, -0.2) is 0 Å². The molecule has 0 aliphatic rings. The highest BCUT2D eigenvalue weighted by Gasteiger charge is 2.18. The molecule has 0 aromatic heterocycles. The summed E-state index contributed by atoms with van der Waals surface area (Å²) in [6, 6.07) is -0.165. The van der Waals surface area contributed by atoms with Crippen LogP contribution in [-0.2, 0) is 4.79 Å². The number of halogens is 1. The molecule has 0 bridgehead atoms. The fourth-order valence-corrected chi connectivity index (χ4v) is 2.47. The van der Waals surface area contributed by atoms with E-state index in [2.05, 4.69) is 21.2 Å². The van der Waals surface area contributed by atoms with Crippen molar-refractivity contribution in [1.29, 1.82) is 0 Å². The standard InChI is InChI=1S/C14H21BrN2O2/c1-7(16)6-11(18)17-13-10(4)12(15)8(2)9(3)14(13)19-5/h7H,6,16H2,1-5H3,(H,17,18). The summed E-state index contributed by atoms with van der Waals surface area (Å²) >= 11 is 3.55. The summed E-state index contributed by atoms with van der Waals surface area (Å²) in [7, 11) is 1.61. The summed E-state index contributed by atoms with van der Waals surface area (Å²) in [6.07, 6.45) is 0.285. The van der Waals surface area contributed by atoms with Crippen LogP contribution in [-0.4, -0.2) is 19.1 Å². The van der Waals surface area contributed by atoms with Gasteiger partial charge in [0.05, 0.1) is 12.8 Å². The lowest BCUT2D eigenvalue weighted by atomic mass is 10.0.